The minimum Gasteiger partial charge on any atom is -0.305 e. The summed E-state index contributed by atoms with van der Waals surface area (Å²) in [5.41, 5.74) is 2.70. The van der Waals surface area contributed by atoms with Crippen molar-refractivity contribution in [3.8, 4) is 0 Å². The van der Waals surface area contributed by atoms with Crippen LogP contribution >= 0.6 is 15.9 Å². The predicted molar refractivity (Wildman–Crippen MR) is 95.8 cm³/mol. The first-order valence-corrected chi connectivity index (χ1v) is 8.86. The standard InChI is InChI=1S/C19H23BrN2/c20-18-10-6-7-16(13-18)14-21-19(15-22-11-4-5-12-22)17-8-2-1-3-9-17/h1-3,6-10,13,19,21H,4-5,11-12,14-15H2. The molecule has 2 aromatic rings. The van der Waals surface area contributed by atoms with Crippen molar-refractivity contribution >= 4 is 15.9 Å². The van der Waals surface area contributed by atoms with E-state index in [1.54, 1.807) is 0 Å². The van der Waals surface area contributed by atoms with E-state index in [4.69, 9.17) is 0 Å². The van der Waals surface area contributed by atoms with Crippen molar-refractivity contribution in [2.45, 2.75) is 25.4 Å². The molecular formula is C19H23BrN2. The first-order chi connectivity index (χ1) is 10.8. The second-order valence-electron chi connectivity index (χ2n) is 5.98. The third kappa shape index (κ3) is 4.42. The zero-order valence-electron chi connectivity index (χ0n) is 12.8. The van der Waals surface area contributed by atoms with E-state index < -0.39 is 0 Å². The SMILES string of the molecule is Brc1cccc(CNC(CN2CCCC2)c2ccccc2)c1. The number of nitrogens with one attached hydrogen (secondary N) is 1. The largest absolute Gasteiger partial charge is 0.305 e. The van der Waals surface area contributed by atoms with Crippen LogP contribution in [0.3, 0.4) is 0 Å². The molecule has 0 aromatic heterocycles. The van der Waals surface area contributed by atoms with Gasteiger partial charge < -0.3 is 10.2 Å². The van der Waals surface area contributed by atoms with E-state index in [0.717, 1.165) is 17.6 Å². The molecule has 0 aliphatic carbocycles. The highest BCUT2D eigenvalue weighted by molar-refractivity contribution is 9.10. The molecule has 1 N–H and O–H groups in total. The molecule has 0 saturated carbocycles. The molecule has 116 valence electrons. The van der Waals surface area contributed by atoms with E-state index in [0.29, 0.717) is 6.04 Å². The number of nitrogens with zero attached hydrogens (tertiary/aromatic N) is 1. The Hall–Kier alpha value is -1.16. The van der Waals surface area contributed by atoms with Crippen LogP contribution in [0.15, 0.2) is 59.1 Å². The molecule has 3 heteroatoms. The molecule has 0 bridgehead atoms. The second-order valence-corrected chi connectivity index (χ2v) is 6.90. The van der Waals surface area contributed by atoms with Gasteiger partial charge in [-0.15, -0.1) is 0 Å². The Morgan fingerprint density at radius 2 is 1.77 bits per heavy atom. The molecule has 3 rings (SSSR count). The van der Waals surface area contributed by atoms with Gasteiger partial charge in [-0.25, -0.2) is 0 Å². The fraction of sp³-hybridized carbons (Fsp3) is 0.368. The minimum absolute atomic E-state index is 0.387. The maximum absolute atomic E-state index is 3.74. The number of likely N-dealkylation sites (tertiary alicyclic amines) is 1. The molecule has 1 saturated heterocycles. The number of halogens is 1. The van der Waals surface area contributed by atoms with E-state index in [9.17, 15) is 0 Å². The lowest BCUT2D eigenvalue weighted by atomic mass is 10.1. The van der Waals surface area contributed by atoms with Crippen molar-refractivity contribution in [2.24, 2.45) is 0 Å². The Morgan fingerprint density at radius 3 is 2.50 bits per heavy atom. The molecule has 22 heavy (non-hydrogen) atoms. The van der Waals surface area contributed by atoms with Gasteiger partial charge in [0.25, 0.3) is 0 Å². The summed E-state index contributed by atoms with van der Waals surface area (Å²) in [7, 11) is 0. The summed E-state index contributed by atoms with van der Waals surface area (Å²) >= 11 is 3.55. The van der Waals surface area contributed by atoms with Crippen molar-refractivity contribution in [3.63, 3.8) is 0 Å². The van der Waals surface area contributed by atoms with E-state index in [1.807, 2.05) is 0 Å². The molecule has 1 fully saturated rings. The van der Waals surface area contributed by atoms with Crippen LogP contribution in [0.4, 0.5) is 0 Å². The van der Waals surface area contributed by atoms with Crippen LogP contribution in [-0.4, -0.2) is 24.5 Å². The fourth-order valence-electron chi connectivity index (χ4n) is 3.08. The Balaban J connectivity index is 1.67. The van der Waals surface area contributed by atoms with Gasteiger partial charge in [0.1, 0.15) is 0 Å². The number of hydrogen-bond acceptors (Lipinski definition) is 2. The van der Waals surface area contributed by atoms with Gasteiger partial charge in [0.15, 0.2) is 0 Å². The van der Waals surface area contributed by atoms with E-state index >= 15 is 0 Å². The molecule has 1 unspecified atom stereocenters. The highest BCUT2D eigenvalue weighted by Crippen LogP contribution is 2.19. The van der Waals surface area contributed by atoms with Crippen LogP contribution in [0.5, 0.6) is 0 Å². The van der Waals surface area contributed by atoms with Crippen LogP contribution in [-0.2, 0) is 6.54 Å². The highest BCUT2D eigenvalue weighted by Gasteiger charge is 2.18. The molecule has 1 aliphatic rings. The molecule has 0 amide bonds. The van der Waals surface area contributed by atoms with Crippen LogP contribution < -0.4 is 5.32 Å². The minimum atomic E-state index is 0.387. The van der Waals surface area contributed by atoms with E-state index in [2.05, 4.69) is 80.7 Å². The summed E-state index contributed by atoms with van der Waals surface area (Å²) in [4.78, 5) is 2.57. The highest BCUT2D eigenvalue weighted by atomic mass is 79.9. The van der Waals surface area contributed by atoms with Gasteiger partial charge >= 0.3 is 0 Å². The van der Waals surface area contributed by atoms with E-state index in [-0.39, 0.29) is 0 Å². The third-order valence-electron chi connectivity index (χ3n) is 4.28. The van der Waals surface area contributed by atoms with Gasteiger partial charge in [-0.1, -0.05) is 58.4 Å². The van der Waals surface area contributed by atoms with Gasteiger partial charge in [0.05, 0.1) is 0 Å². The zero-order chi connectivity index (χ0) is 15.2. The Kier molecular flexibility index (Phi) is 5.65. The molecular weight excluding hydrogens is 336 g/mol. The summed E-state index contributed by atoms with van der Waals surface area (Å²) in [6.07, 6.45) is 2.68. The van der Waals surface area contributed by atoms with Gasteiger partial charge in [0.2, 0.25) is 0 Å². The van der Waals surface area contributed by atoms with Crippen molar-refractivity contribution in [2.75, 3.05) is 19.6 Å². The van der Waals surface area contributed by atoms with Crippen LogP contribution in [0.25, 0.3) is 0 Å². The van der Waals surface area contributed by atoms with Gasteiger partial charge in [-0.3, -0.25) is 0 Å². The van der Waals surface area contributed by atoms with Crippen molar-refractivity contribution in [1.29, 1.82) is 0 Å². The topological polar surface area (TPSA) is 15.3 Å². The van der Waals surface area contributed by atoms with Gasteiger partial charge in [0, 0.05) is 23.6 Å². The monoisotopic (exact) mass is 358 g/mol. The first kappa shape index (κ1) is 15.7. The summed E-state index contributed by atoms with van der Waals surface area (Å²) in [6.45, 7) is 4.47. The maximum atomic E-state index is 3.74. The van der Waals surface area contributed by atoms with Crippen LogP contribution in [0, 0.1) is 0 Å². The summed E-state index contributed by atoms with van der Waals surface area (Å²) in [6, 6.07) is 19.7. The number of hydrogen-bond donors (Lipinski definition) is 1. The first-order valence-electron chi connectivity index (χ1n) is 8.06. The number of benzene rings is 2. The van der Waals surface area contributed by atoms with Crippen LogP contribution in [0.2, 0.25) is 0 Å². The van der Waals surface area contributed by atoms with Crippen molar-refractivity contribution in [3.05, 3.63) is 70.2 Å². The van der Waals surface area contributed by atoms with Crippen LogP contribution in [0.1, 0.15) is 30.0 Å². The summed E-state index contributed by atoms with van der Waals surface area (Å²) in [5, 5.41) is 3.74. The summed E-state index contributed by atoms with van der Waals surface area (Å²) < 4.78 is 1.14. The predicted octanol–water partition coefficient (Wildman–Crippen LogP) is 4.38. The maximum Gasteiger partial charge on any atom is 0.0451 e. The Labute approximate surface area is 141 Å². The Bertz CT molecular complexity index is 579. The van der Waals surface area contributed by atoms with Crippen molar-refractivity contribution < 1.29 is 0 Å². The molecule has 0 radical (unpaired) electrons. The normalized spacial score (nSPS) is 16.8. The smallest absolute Gasteiger partial charge is 0.0451 e. The molecule has 1 atom stereocenters. The molecule has 2 aromatic carbocycles. The Morgan fingerprint density at radius 1 is 1.00 bits per heavy atom. The molecule has 1 heterocycles. The van der Waals surface area contributed by atoms with Gasteiger partial charge in [-0.05, 0) is 49.2 Å². The molecule has 2 nitrogen and oxygen atoms in total. The lowest BCUT2D eigenvalue weighted by molar-refractivity contribution is 0.291. The lowest BCUT2D eigenvalue weighted by Gasteiger charge is -2.25. The van der Waals surface area contributed by atoms with Gasteiger partial charge in [-0.2, -0.15) is 0 Å². The molecule has 1 aliphatic heterocycles. The quantitative estimate of drug-likeness (QED) is 0.824. The third-order valence-corrected chi connectivity index (χ3v) is 4.78. The second kappa shape index (κ2) is 7.91. The lowest BCUT2D eigenvalue weighted by Crippen LogP contribution is -2.33. The zero-order valence-corrected chi connectivity index (χ0v) is 14.4. The molecule has 0 spiro atoms. The van der Waals surface area contributed by atoms with Crippen molar-refractivity contribution in [1.82, 2.24) is 10.2 Å². The average molecular weight is 359 g/mol. The fourth-order valence-corrected chi connectivity index (χ4v) is 3.53. The average Bonchev–Trinajstić information content (AvgIpc) is 3.05. The number of rotatable bonds is 6. The summed E-state index contributed by atoms with van der Waals surface area (Å²) in [5.74, 6) is 0. The van der Waals surface area contributed by atoms with E-state index in [1.165, 1.54) is 37.1 Å².